The van der Waals surface area contributed by atoms with Crippen LogP contribution in [-0.2, 0) is 0 Å². The molecule has 1 aromatic heterocycles. The fraction of sp³-hybridized carbons (Fsp3) is 0.455. The number of hydrogen-bond acceptors (Lipinski definition) is 4. The van der Waals surface area contributed by atoms with Gasteiger partial charge in [0, 0.05) is 12.0 Å². The summed E-state index contributed by atoms with van der Waals surface area (Å²) in [6.45, 7) is 0. The van der Waals surface area contributed by atoms with Gasteiger partial charge in [0.25, 0.3) is 5.91 Å². The number of amidine groups is 1. The molecule has 1 heterocycles. The number of rotatable bonds is 3. The van der Waals surface area contributed by atoms with Gasteiger partial charge >= 0.3 is 0 Å². The van der Waals surface area contributed by atoms with Gasteiger partial charge in [-0.25, -0.2) is 0 Å². The number of carbonyl (C=O) groups is 1. The maximum absolute atomic E-state index is 11.9. The van der Waals surface area contributed by atoms with Gasteiger partial charge < -0.3 is 16.3 Å². The van der Waals surface area contributed by atoms with Gasteiger partial charge in [0.05, 0.1) is 4.88 Å². The summed E-state index contributed by atoms with van der Waals surface area (Å²) in [5.74, 6) is 0.0746. The largest absolute Gasteiger partial charge is 0.409 e. The molecule has 1 aromatic rings. The molecule has 4 N–H and O–H groups in total. The van der Waals surface area contributed by atoms with Crippen LogP contribution in [-0.4, -0.2) is 23.0 Å². The number of nitrogens with one attached hydrogen (secondary N) is 1. The van der Waals surface area contributed by atoms with Crippen LogP contribution < -0.4 is 11.1 Å². The van der Waals surface area contributed by atoms with Crippen LogP contribution >= 0.6 is 11.3 Å². The number of oxime groups is 1. The van der Waals surface area contributed by atoms with Gasteiger partial charge in [-0.2, -0.15) is 0 Å². The highest BCUT2D eigenvalue weighted by Gasteiger charge is 2.32. The van der Waals surface area contributed by atoms with Crippen LogP contribution in [0.25, 0.3) is 0 Å². The molecule has 1 saturated carbocycles. The maximum atomic E-state index is 11.9. The van der Waals surface area contributed by atoms with Crippen molar-refractivity contribution < 1.29 is 10.0 Å². The molecule has 2 rings (SSSR count). The van der Waals surface area contributed by atoms with E-state index in [-0.39, 0.29) is 23.7 Å². The zero-order chi connectivity index (χ0) is 12.3. The average Bonchev–Trinajstić information content (AvgIpc) is 2.98. The minimum Gasteiger partial charge on any atom is -0.409 e. The van der Waals surface area contributed by atoms with Crippen molar-refractivity contribution in [2.75, 3.05) is 0 Å². The van der Waals surface area contributed by atoms with E-state index < -0.39 is 0 Å². The van der Waals surface area contributed by atoms with Crippen molar-refractivity contribution in [2.45, 2.75) is 25.3 Å². The molecule has 6 heteroatoms. The molecular weight excluding hydrogens is 238 g/mol. The van der Waals surface area contributed by atoms with Gasteiger partial charge in [-0.3, -0.25) is 4.79 Å². The molecule has 2 atom stereocenters. The van der Waals surface area contributed by atoms with Gasteiger partial charge in [0.2, 0.25) is 0 Å². The first-order chi connectivity index (χ1) is 8.22. The van der Waals surface area contributed by atoms with E-state index in [1.54, 1.807) is 6.07 Å². The molecule has 1 aliphatic carbocycles. The quantitative estimate of drug-likeness (QED) is 0.329. The fourth-order valence-corrected chi connectivity index (χ4v) is 2.84. The van der Waals surface area contributed by atoms with Crippen LogP contribution in [0.15, 0.2) is 22.7 Å². The fourth-order valence-electron chi connectivity index (χ4n) is 2.21. The van der Waals surface area contributed by atoms with Crippen molar-refractivity contribution >= 4 is 23.1 Å². The van der Waals surface area contributed by atoms with E-state index in [1.807, 2.05) is 11.4 Å². The highest BCUT2D eigenvalue weighted by molar-refractivity contribution is 7.12. The molecule has 1 amide bonds. The van der Waals surface area contributed by atoms with Gasteiger partial charge in [-0.1, -0.05) is 17.6 Å². The molecular formula is C11H15N3O2S. The second-order valence-corrected chi connectivity index (χ2v) is 5.07. The standard InChI is InChI=1S/C11H15N3O2S/c12-10(14-16)7-3-1-4-8(7)13-11(15)9-5-2-6-17-9/h2,5-8,16H,1,3-4H2,(H2,12,14)(H,13,15). The Labute approximate surface area is 103 Å². The van der Waals surface area contributed by atoms with Gasteiger partial charge in [0.15, 0.2) is 0 Å². The Balaban J connectivity index is 2.01. The van der Waals surface area contributed by atoms with E-state index >= 15 is 0 Å². The van der Waals surface area contributed by atoms with E-state index in [2.05, 4.69) is 10.5 Å². The maximum Gasteiger partial charge on any atom is 0.261 e. The lowest BCUT2D eigenvalue weighted by Crippen LogP contribution is -2.42. The van der Waals surface area contributed by atoms with Crippen LogP contribution in [0.3, 0.4) is 0 Å². The first-order valence-corrected chi connectivity index (χ1v) is 6.42. The third-order valence-electron chi connectivity index (χ3n) is 3.07. The average molecular weight is 253 g/mol. The minimum atomic E-state index is -0.0809. The summed E-state index contributed by atoms with van der Waals surface area (Å²) >= 11 is 1.41. The first-order valence-electron chi connectivity index (χ1n) is 5.54. The highest BCUT2D eigenvalue weighted by Crippen LogP contribution is 2.26. The van der Waals surface area contributed by atoms with Crippen molar-refractivity contribution in [2.24, 2.45) is 16.8 Å². The van der Waals surface area contributed by atoms with E-state index in [4.69, 9.17) is 10.9 Å². The van der Waals surface area contributed by atoms with E-state index in [0.717, 1.165) is 19.3 Å². The smallest absolute Gasteiger partial charge is 0.261 e. The minimum absolute atomic E-state index is 0.0273. The number of thiophene rings is 1. The van der Waals surface area contributed by atoms with E-state index in [1.165, 1.54) is 11.3 Å². The lowest BCUT2D eigenvalue weighted by atomic mass is 10.0. The summed E-state index contributed by atoms with van der Waals surface area (Å²) < 4.78 is 0. The second kappa shape index (κ2) is 5.18. The van der Waals surface area contributed by atoms with Gasteiger partial charge in [-0.05, 0) is 24.3 Å². The Morgan fingerprint density at radius 2 is 2.41 bits per heavy atom. The van der Waals surface area contributed by atoms with E-state index in [0.29, 0.717) is 4.88 Å². The second-order valence-electron chi connectivity index (χ2n) is 4.12. The number of amides is 1. The summed E-state index contributed by atoms with van der Waals surface area (Å²) in [5.41, 5.74) is 5.61. The van der Waals surface area contributed by atoms with Gasteiger partial charge in [-0.15, -0.1) is 11.3 Å². The summed E-state index contributed by atoms with van der Waals surface area (Å²) in [7, 11) is 0. The summed E-state index contributed by atoms with van der Waals surface area (Å²) in [5, 5.41) is 16.5. The normalized spacial score (nSPS) is 24.8. The Morgan fingerprint density at radius 3 is 3.06 bits per heavy atom. The molecule has 1 aliphatic rings. The van der Waals surface area contributed by atoms with Crippen LogP contribution in [0.5, 0.6) is 0 Å². The predicted octanol–water partition coefficient (Wildman–Crippen LogP) is 1.39. The summed E-state index contributed by atoms with van der Waals surface area (Å²) in [4.78, 5) is 12.6. The van der Waals surface area contributed by atoms with Crippen molar-refractivity contribution in [1.82, 2.24) is 5.32 Å². The molecule has 5 nitrogen and oxygen atoms in total. The Hall–Kier alpha value is -1.56. The Morgan fingerprint density at radius 1 is 1.59 bits per heavy atom. The number of hydrogen-bond donors (Lipinski definition) is 3. The van der Waals surface area contributed by atoms with Crippen molar-refractivity contribution in [3.8, 4) is 0 Å². The molecule has 0 radical (unpaired) electrons. The predicted molar refractivity (Wildman–Crippen MR) is 66.3 cm³/mol. The Kier molecular flexibility index (Phi) is 3.63. The van der Waals surface area contributed by atoms with Crippen LogP contribution in [0, 0.1) is 5.92 Å². The monoisotopic (exact) mass is 253 g/mol. The lowest BCUT2D eigenvalue weighted by Gasteiger charge is -2.19. The number of carbonyl (C=O) groups excluding carboxylic acids is 1. The van der Waals surface area contributed by atoms with Crippen molar-refractivity contribution in [1.29, 1.82) is 0 Å². The molecule has 17 heavy (non-hydrogen) atoms. The van der Waals surface area contributed by atoms with Crippen molar-refractivity contribution in [3.63, 3.8) is 0 Å². The summed E-state index contributed by atoms with van der Waals surface area (Å²) in [6, 6.07) is 3.60. The molecule has 0 bridgehead atoms. The van der Waals surface area contributed by atoms with Crippen LogP contribution in [0.2, 0.25) is 0 Å². The lowest BCUT2D eigenvalue weighted by molar-refractivity contribution is 0.0937. The molecule has 0 aliphatic heterocycles. The SMILES string of the molecule is NC(=NO)C1CCCC1NC(=O)c1cccs1. The third-order valence-corrected chi connectivity index (χ3v) is 3.94. The third kappa shape index (κ3) is 2.58. The molecule has 1 fully saturated rings. The summed E-state index contributed by atoms with van der Waals surface area (Å²) in [6.07, 6.45) is 2.71. The molecule has 0 aromatic carbocycles. The zero-order valence-corrected chi connectivity index (χ0v) is 10.1. The van der Waals surface area contributed by atoms with Gasteiger partial charge in [0.1, 0.15) is 5.84 Å². The van der Waals surface area contributed by atoms with Crippen molar-refractivity contribution in [3.05, 3.63) is 22.4 Å². The molecule has 0 spiro atoms. The zero-order valence-electron chi connectivity index (χ0n) is 9.30. The topological polar surface area (TPSA) is 87.7 Å². The number of nitrogens with two attached hydrogens (primary N) is 1. The molecule has 0 saturated heterocycles. The van der Waals surface area contributed by atoms with E-state index in [9.17, 15) is 4.79 Å². The molecule has 92 valence electrons. The Bertz CT molecular complexity index is 416. The number of nitrogens with zero attached hydrogens (tertiary/aromatic N) is 1. The molecule has 2 unspecified atom stereocenters. The van der Waals surface area contributed by atoms with Crippen LogP contribution in [0.1, 0.15) is 28.9 Å². The first kappa shape index (κ1) is 11.9. The highest BCUT2D eigenvalue weighted by atomic mass is 32.1. The van der Waals surface area contributed by atoms with Crippen LogP contribution in [0.4, 0.5) is 0 Å².